The lowest BCUT2D eigenvalue weighted by molar-refractivity contribution is 0.0600. The standard InChI is InChI=1S/C17H18BrNO4/c1-19(12-5-7-13(21-2)8-6-12)15-10-11(17(20)23-4)9-14(18)16(15)22-3/h5-10H,1-4H3. The van der Waals surface area contributed by atoms with E-state index in [4.69, 9.17) is 14.2 Å². The number of esters is 1. The Labute approximate surface area is 143 Å². The fourth-order valence-corrected chi connectivity index (χ4v) is 2.82. The van der Waals surface area contributed by atoms with Crippen molar-refractivity contribution in [1.29, 1.82) is 0 Å². The van der Waals surface area contributed by atoms with Gasteiger partial charge in [0, 0.05) is 12.7 Å². The van der Waals surface area contributed by atoms with Crippen LogP contribution in [0.15, 0.2) is 40.9 Å². The Bertz CT molecular complexity index is 700. The number of halogens is 1. The van der Waals surface area contributed by atoms with Crippen molar-refractivity contribution in [2.45, 2.75) is 0 Å². The zero-order chi connectivity index (χ0) is 17.0. The van der Waals surface area contributed by atoms with Crippen LogP contribution in [-0.2, 0) is 4.74 Å². The van der Waals surface area contributed by atoms with Gasteiger partial charge >= 0.3 is 5.97 Å². The summed E-state index contributed by atoms with van der Waals surface area (Å²) in [4.78, 5) is 13.8. The summed E-state index contributed by atoms with van der Waals surface area (Å²) in [7, 11) is 6.46. The highest BCUT2D eigenvalue weighted by Gasteiger charge is 2.18. The van der Waals surface area contributed by atoms with Crippen LogP contribution in [0.1, 0.15) is 10.4 Å². The van der Waals surface area contributed by atoms with E-state index in [0.717, 1.165) is 17.1 Å². The molecule has 0 aliphatic heterocycles. The summed E-state index contributed by atoms with van der Waals surface area (Å²) in [5.74, 6) is 1.01. The highest BCUT2D eigenvalue weighted by molar-refractivity contribution is 9.10. The smallest absolute Gasteiger partial charge is 0.337 e. The van der Waals surface area contributed by atoms with Gasteiger partial charge in [0.15, 0.2) is 5.75 Å². The molecule has 2 rings (SSSR count). The summed E-state index contributed by atoms with van der Waals surface area (Å²) in [6.45, 7) is 0. The van der Waals surface area contributed by atoms with Crippen LogP contribution >= 0.6 is 15.9 Å². The Kier molecular flexibility index (Phi) is 5.50. The Hall–Kier alpha value is -2.21. The summed E-state index contributed by atoms with van der Waals surface area (Å²) in [6, 6.07) is 11.0. The van der Waals surface area contributed by atoms with Gasteiger partial charge in [-0.25, -0.2) is 4.79 Å². The number of carbonyl (C=O) groups excluding carboxylic acids is 1. The molecular formula is C17H18BrNO4. The molecule has 23 heavy (non-hydrogen) atoms. The topological polar surface area (TPSA) is 48.0 Å². The van der Waals surface area contributed by atoms with Crippen molar-refractivity contribution in [1.82, 2.24) is 0 Å². The van der Waals surface area contributed by atoms with E-state index in [0.29, 0.717) is 15.8 Å². The van der Waals surface area contributed by atoms with Crippen molar-refractivity contribution < 1.29 is 19.0 Å². The monoisotopic (exact) mass is 379 g/mol. The zero-order valence-electron chi connectivity index (χ0n) is 13.4. The molecule has 0 atom stereocenters. The number of anilines is 2. The van der Waals surface area contributed by atoms with Gasteiger partial charge in [0.1, 0.15) is 5.75 Å². The maximum absolute atomic E-state index is 11.8. The van der Waals surface area contributed by atoms with E-state index >= 15 is 0 Å². The molecule has 0 aromatic heterocycles. The molecular weight excluding hydrogens is 362 g/mol. The minimum atomic E-state index is -0.405. The third-order valence-electron chi connectivity index (χ3n) is 3.47. The van der Waals surface area contributed by atoms with Crippen LogP contribution < -0.4 is 14.4 Å². The second kappa shape index (κ2) is 7.37. The van der Waals surface area contributed by atoms with Crippen molar-refractivity contribution in [3.8, 4) is 11.5 Å². The Morgan fingerprint density at radius 1 is 1.04 bits per heavy atom. The molecule has 6 heteroatoms. The molecule has 122 valence electrons. The second-order valence-corrected chi connectivity index (χ2v) is 5.61. The van der Waals surface area contributed by atoms with Crippen molar-refractivity contribution in [3.05, 3.63) is 46.4 Å². The molecule has 0 heterocycles. The first-order valence-electron chi connectivity index (χ1n) is 6.85. The average Bonchev–Trinajstić information content (AvgIpc) is 2.59. The molecule has 0 fully saturated rings. The molecule has 0 saturated carbocycles. The van der Waals surface area contributed by atoms with Gasteiger partial charge in [-0.2, -0.15) is 0 Å². The van der Waals surface area contributed by atoms with Crippen LogP contribution in [0.3, 0.4) is 0 Å². The number of rotatable bonds is 5. The molecule has 2 aromatic rings. The molecule has 2 aromatic carbocycles. The van der Waals surface area contributed by atoms with Gasteiger partial charge in [0.25, 0.3) is 0 Å². The van der Waals surface area contributed by atoms with E-state index in [-0.39, 0.29) is 0 Å². The van der Waals surface area contributed by atoms with Gasteiger partial charge in [-0.05, 0) is 52.3 Å². The largest absolute Gasteiger partial charge is 0.497 e. The van der Waals surface area contributed by atoms with Crippen LogP contribution in [0.2, 0.25) is 0 Å². The number of ether oxygens (including phenoxy) is 3. The van der Waals surface area contributed by atoms with Crippen molar-refractivity contribution >= 4 is 33.3 Å². The maximum Gasteiger partial charge on any atom is 0.337 e. The highest BCUT2D eigenvalue weighted by Crippen LogP contribution is 2.39. The zero-order valence-corrected chi connectivity index (χ0v) is 15.0. The van der Waals surface area contributed by atoms with Gasteiger partial charge in [0.05, 0.1) is 37.1 Å². The van der Waals surface area contributed by atoms with Crippen molar-refractivity contribution in [2.75, 3.05) is 33.3 Å². The van der Waals surface area contributed by atoms with Crippen molar-refractivity contribution in [2.24, 2.45) is 0 Å². The lowest BCUT2D eigenvalue weighted by atomic mass is 10.1. The average molecular weight is 380 g/mol. The first kappa shape index (κ1) is 17.1. The van der Waals surface area contributed by atoms with Crippen LogP contribution in [0.5, 0.6) is 11.5 Å². The number of carbonyl (C=O) groups is 1. The fourth-order valence-electron chi connectivity index (χ4n) is 2.21. The summed E-state index contributed by atoms with van der Waals surface area (Å²) in [6.07, 6.45) is 0. The lowest BCUT2D eigenvalue weighted by Gasteiger charge is -2.23. The van der Waals surface area contributed by atoms with Gasteiger partial charge in [-0.3, -0.25) is 0 Å². The first-order valence-corrected chi connectivity index (χ1v) is 7.64. The molecule has 0 N–H and O–H groups in total. The fraction of sp³-hybridized carbons (Fsp3) is 0.235. The summed E-state index contributed by atoms with van der Waals surface area (Å²) in [5, 5.41) is 0. The number of nitrogens with zero attached hydrogens (tertiary/aromatic N) is 1. The first-order chi connectivity index (χ1) is 11.0. The molecule has 0 unspecified atom stereocenters. The molecule has 0 aliphatic rings. The summed E-state index contributed by atoms with van der Waals surface area (Å²) >= 11 is 3.44. The molecule has 0 saturated heterocycles. The predicted molar refractivity (Wildman–Crippen MR) is 93.1 cm³/mol. The highest BCUT2D eigenvalue weighted by atomic mass is 79.9. The number of benzene rings is 2. The minimum Gasteiger partial charge on any atom is -0.497 e. The summed E-state index contributed by atoms with van der Waals surface area (Å²) in [5.41, 5.74) is 2.11. The number of hydrogen-bond acceptors (Lipinski definition) is 5. The SMILES string of the molecule is COC(=O)c1cc(Br)c(OC)c(N(C)c2ccc(OC)cc2)c1. The molecule has 0 aliphatic carbocycles. The molecule has 0 bridgehead atoms. The van der Waals surface area contributed by atoms with E-state index in [9.17, 15) is 4.79 Å². The molecule has 0 amide bonds. The molecule has 0 spiro atoms. The normalized spacial score (nSPS) is 10.1. The van der Waals surface area contributed by atoms with Gasteiger partial charge in [-0.15, -0.1) is 0 Å². The van der Waals surface area contributed by atoms with Crippen LogP contribution in [-0.4, -0.2) is 34.3 Å². The van der Waals surface area contributed by atoms with E-state index in [1.807, 2.05) is 36.2 Å². The third-order valence-corrected chi connectivity index (χ3v) is 4.06. The lowest BCUT2D eigenvalue weighted by Crippen LogP contribution is -2.13. The van der Waals surface area contributed by atoms with Gasteiger partial charge < -0.3 is 19.1 Å². The molecule has 5 nitrogen and oxygen atoms in total. The number of methoxy groups -OCH3 is 3. The number of hydrogen-bond donors (Lipinski definition) is 0. The van der Waals surface area contributed by atoms with Crippen LogP contribution in [0.25, 0.3) is 0 Å². The second-order valence-electron chi connectivity index (χ2n) is 4.76. The molecule has 0 radical (unpaired) electrons. The van der Waals surface area contributed by atoms with E-state index in [1.54, 1.807) is 26.4 Å². The van der Waals surface area contributed by atoms with Crippen LogP contribution in [0.4, 0.5) is 11.4 Å². The third kappa shape index (κ3) is 3.59. The van der Waals surface area contributed by atoms with Gasteiger partial charge in [0.2, 0.25) is 0 Å². The van der Waals surface area contributed by atoms with Crippen LogP contribution in [0, 0.1) is 0 Å². The van der Waals surface area contributed by atoms with E-state index in [1.165, 1.54) is 7.11 Å². The predicted octanol–water partition coefficient (Wildman–Crippen LogP) is 4.02. The quantitative estimate of drug-likeness (QED) is 0.734. The minimum absolute atomic E-state index is 0.405. The maximum atomic E-state index is 11.8. The Morgan fingerprint density at radius 3 is 2.22 bits per heavy atom. The Balaban J connectivity index is 2.50. The Morgan fingerprint density at radius 2 is 1.70 bits per heavy atom. The summed E-state index contributed by atoms with van der Waals surface area (Å²) < 4.78 is 16.1. The van der Waals surface area contributed by atoms with Crippen molar-refractivity contribution in [3.63, 3.8) is 0 Å². The van der Waals surface area contributed by atoms with E-state index < -0.39 is 5.97 Å². The van der Waals surface area contributed by atoms with E-state index in [2.05, 4.69) is 15.9 Å². The van der Waals surface area contributed by atoms with Gasteiger partial charge in [-0.1, -0.05) is 0 Å².